The van der Waals surface area contributed by atoms with Gasteiger partial charge in [-0.15, -0.1) is 0 Å². The van der Waals surface area contributed by atoms with Crippen molar-refractivity contribution in [2.45, 2.75) is 44.8 Å². The molecule has 0 radical (unpaired) electrons. The van der Waals surface area contributed by atoms with Crippen LogP contribution < -0.4 is 0 Å². The number of rotatable bonds is 0. The third-order valence-electron chi connectivity index (χ3n) is 5.17. The van der Waals surface area contributed by atoms with Crippen molar-refractivity contribution >= 4 is 0 Å². The quantitative estimate of drug-likeness (QED) is 0.500. The predicted octanol–water partition coefficient (Wildman–Crippen LogP) is 2.21. The van der Waals surface area contributed by atoms with Crippen LogP contribution in [0.5, 0.6) is 0 Å². The Kier molecular flexibility index (Phi) is 0.863. The van der Waals surface area contributed by atoms with Gasteiger partial charge in [0, 0.05) is 0 Å². The van der Waals surface area contributed by atoms with Gasteiger partial charge in [-0.25, -0.2) is 0 Å². The minimum Gasteiger partial charge on any atom is -0.369 e. The lowest BCUT2D eigenvalue weighted by atomic mass is 9.72. The molecule has 0 aromatic carbocycles. The summed E-state index contributed by atoms with van der Waals surface area (Å²) in [5.41, 5.74) is 0.700. The van der Waals surface area contributed by atoms with E-state index in [1.54, 1.807) is 0 Å². The summed E-state index contributed by atoms with van der Waals surface area (Å²) in [4.78, 5) is 0. The van der Waals surface area contributed by atoms with Crippen LogP contribution in [0.25, 0.3) is 0 Å². The summed E-state index contributed by atoms with van der Waals surface area (Å²) in [6.45, 7) is 2.52. The predicted molar refractivity (Wildman–Crippen MR) is 45.7 cm³/mol. The zero-order valence-electron chi connectivity index (χ0n) is 7.62. The molecule has 4 aliphatic rings. The van der Waals surface area contributed by atoms with Crippen LogP contribution in [0.4, 0.5) is 0 Å². The molecule has 66 valence electrons. The van der Waals surface area contributed by atoms with Crippen molar-refractivity contribution in [2.24, 2.45) is 23.2 Å². The van der Waals surface area contributed by atoms with Crippen LogP contribution in [-0.2, 0) is 4.74 Å². The fraction of sp³-hybridized carbons (Fsp3) is 1.00. The summed E-state index contributed by atoms with van der Waals surface area (Å²) < 4.78 is 5.68. The van der Waals surface area contributed by atoms with Gasteiger partial charge >= 0.3 is 0 Å². The molecule has 1 nitrogen and oxygen atoms in total. The summed E-state index contributed by atoms with van der Waals surface area (Å²) in [7, 11) is 0. The van der Waals surface area contributed by atoms with Crippen molar-refractivity contribution in [3.63, 3.8) is 0 Å². The Balaban J connectivity index is 1.80. The third kappa shape index (κ3) is 0.527. The molecule has 4 rings (SSSR count). The molecule has 12 heavy (non-hydrogen) atoms. The molecule has 1 saturated heterocycles. The lowest BCUT2D eigenvalue weighted by molar-refractivity contribution is 0.0980. The van der Waals surface area contributed by atoms with E-state index in [0.29, 0.717) is 17.6 Å². The van der Waals surface area contributed by atoms with Crippen molar-refractivity contribution in [1.29, 1.82) is 0 Å². The van der Waals surface area contributed by atoms with E-state index in [2.05, 4.69) is 6.92 Å². The van der Waals surface area contributed by atoms with Gasteiger partial charge in [0.05, 0.1) is 12.2 Å². The molecule has 0 aromatic heterocycles. The van der Waals surface area contributed by atoms with Crippen LogP contribution in [0, 0.1) is 23.2 Å². The van der Waals surface area contributed by atoms with Gasteiger partial charge < -0.3 is 4.74 Å². The van der Waals surface area contributed by atoms with E-state index < -0.39 is 0 Å². The SMILES string of the molecule is CC12CCC(C1)C1CC3OC3C12. The van der Waals surface area contributed by atoms with E-state index in [1.165, 1.54) is 25.7 Å². The van der Waals surface area contributed by atoms with Crippen LogP contribution >= 0.6 is 0 Å². The highest BCUT2D eigenvalue weighted by Crippen LogP contribution is 2.69. The average molecular weight is 164 g/mol. The number of hydrogen-bond acceptors (Lipinski definition) is 1. The number of hydrogen-bond donors (Lipinski definition) is 0. The molecule has 0 N–H and O–H groups in total. The second-order valence-corrected chi connectivity index (χ2v) is 5.72. The van der Waals surface area contributed by atoms with Gasteiger partial charge in [-0.3, -0.25) is 0 Å². The van der Waals surface area contributed by atoms with Gasteiger partial charge in [0.25, 0.3) is 0 Å². The van der Waals surface area contributed by atoms with Crippen molar-refractivity contribution in [3.8, 4) is 0 Å². The number of epoxide rings is 1. The third-order valence-corrected chi connectivity index (χ3v) is 5.17. The molecule has 3 saturated carbocycles. The highest BCUT2D eigenvalue weighted by molar-refractivity contribution is 5.16. The molecule has 2 bridgehead atoms. The maximum absolute atomic E-state index is 5.68. The molecule has 6 atom stereocenters. The Bertz CT molecular complexity index is 249. The van der Waals surface area contributed by atoms with Gasteiger partial charge in [-0.05, 0) is 48.9 Å². The van der Waals surface area contributed by atoms with E-state index >= 15 is 0 Å². The fourth-order valence-corrected chi connectivity index (χ4v) is 4.71. The van der Waals surface area contributed by atoms with Crippen LogP contribution in [-0.4, -0.2) is 12.2 Å². The molecule has 0 aromatic rings. The van der Waals surface area contributed by atoms with Crippen LogP contribution in [0.2, 0.25) is 0 Å². The lowest BCUT2D eigenvalue weighted by Crippen LogP contribution is -2.29. The van der Waals surface area contributed by atoms with E-state index in [4.69, 9.17) is 4.74 Å². The molecule has 1 heteroatoms. The summed E-state index contributed by atoms with van der Waals surface area (Å²) in [5.74, 6) is 3.14. The molecule has 0 amide bonds. The molecule has 6 unspecified atom stereocenters. The van der Waals surface area contributed by atoms with Crippen molar-refractivity contribution in [2.75, 3.05) is 0 Å². The second kappa shape index (κ2) is 1.61. The van der Waals surface area contributed by atoms with Gasteiger partial charge in [-0.1, -0.05) is 6.92 Å². The lowest BCUT2D eigenvalue weighted by Gasteiger charge is -2.33. The summed E-state index contributed by atoms with van der Waals surface area (Å²) in [5, 5.41) is 0. The minimum absolute atomic E-state index is 0.700. The first-order chi connectivity index (χ1) is 5.78. The van der Waals surface area contributed by atoms with Gasteiger partial charge in [0.2, 0.25) is 0 Å². The smallest absolute Gasteiger partial charge is 0.0878 e. The Hall–Kier alpha value is -0.0400. The minimum atomic E-state index is 0.700. The van der Waals surface area contributed by atoms with Crippen LogP contribution in [0.1, 0.15) is 32.6 Å². The van der Waals surface area contributed by atoms with E-state index in [-0.39, 0.29) is 0 Å². The molecule has 0 spiro atoms. The van der Waals surface area contributed by atoms with Crippen molar-refractivity contribution in [3.05, 3.63) is 0 Å². The zero-order chi connectivity index (χ0) is 7.92. The van der Waals surface area contributed by atoms with Crippen molar-refractivity contribution in [1.82, 2.24) is 0 Å². The van der Waals surface area contributed by atoms with Gasteiger partial charge in [0.1, 0.15) is 0 Å². The highest BCUT2D eigenvalue weighted by Gasteiger charge is 2.68. The zero-order valence-corrected chi connectivity index (χ0v) is 7.62. The van der Waals surface area contributed by atoms with E-state index in [0.717, 1.165) is 17.8 Å². The fourth-order valence-electron chi connectivity index (χ4n) is 4.71. The largest absolute Gasteiger partial charge is 0.369 e. The maximum atomic E-state index is 5.68. The van der Waals surface area contributed by atoms with Gasteiger partial charge in [0.15, 0.2) is 0 Å². The standard InChI is InChI=1S/C11H16O/c1-11-3-2-6(5-11)7-4-8-10(12-8)9(7)11/h6-10H,2-5H2,1H3. The first-order valence-electron chi connectivity index (χ1n) is 5.43. The molecule has 3 aliphatic carbocycles. The molecular formula is C11H16O. The van der Waals surface area contributed by atoms with Crippen LogP contribution in [0.15, 0.2) is 0 Å². The molecule has 1 aliphatic heterocycles. The monoisotopic (exact) mass is 164 g/mol. The second-order valence-electron chi connectivity index (χ2n) is 5.72. The van der Waals surface area contributed by atoms with Gasteiger partial charge in [-0.2, -0.15) is 0 Å². The summed E-state index contributed by atoms with van der Waals surface area (Å²) in [6, 6.07) is 0. The average Bonchev–Trinajstić information content (AvgIpc) is 2.44. The Morgan fingerprint density at radius 2 is 2.33 bits per heavy atom. The summed E-state index contributed by atoms with van der Waals surface area (Å²) in [6.07, 6.45) is 7.37. The summed E-state index contributed by atoms with van der Waals surface area (Å²) >= 11 is 0. The topological polar surface area (TPSA) is 12.5 Å². The first-order valence-corrected chi connectivity index (χ1v) is 5.43. The first kappa shape index (κ1) is 6.42. The Morgan fingerprint density at radius 3 is 3.17 bits per heavy atom. The Labute approximate surface area is 73.5 Å². The Morgan fingerprint density at radius 1 is 1.42 bits per heavy atom. The van der Waals surface area contributed by atoms with Crippen molar-refractivity contribution < 1.29 is 4.74 Å². The maximum Gasteiger partial charge on any atom is 0.0878 e. The highest BCUT2D eigenvalue weighted by atomic mass is 16.6. The number of fused-ring (bicyclic) bond motifs is 7. The number of ether oxygens (including phenoxy) is 1. The van der Waals surface area contributed by atoms with E-state index in [1.807, 2.05) is 0 Å². The normalized spacial score (nSPS) is 71.2. The molecular weight excluding hydrogens is 148 g/mol. The van der Waals surface area contributed by atoms with E-state index in [9.17, 15) is 0 Å². The molecule has 1 heterocycles. The molecule has 4 fully saturated rings. The van der Waals surface area contributed by atoms with Crippen LogP contribution in [0.3, 0.4) is 0 Å².